The average molecular weight is 240 g/mol. The Hall–Kier alpha value is -0.260. The minimum Gasteiger partial charge on any atom is -0.0778 e. The molecular formula is C17H36. The van der Waals surface area contributed by atoms with Gasteiger partial charge in [0.1, 0.15) is 0 Å². The number of rotatable bonds is 0. The van der Waals surface area contributed by atoms with Gasteiger partial charge in [-0.2, -0.15) is 0 Å². The van der Waals surface area contributed by atoms with Gasteiger partial charge >= 0.3 is 0 Å². The van der Waals surface area contributed by atoms with Crippen LogP contribution < -0.4 is 0 Å². The lowest BCUT2D eigenvalue weighted by molar-refractivity contribution is 0.201. The summed E-state index contributed by atoms with van der Waals surface area (Å²) in [6, 6.07) is 0. The van der Waals surface area contributed by atoms with Crippen LogP contribution >= 0.6 is 0 Å². The van der Waals surface area contributed by atoms with E-state index in [2.05, 4.69) is 48.5 Å². The third-order valence-electron chi connectivity index (χ3n) is 3.63. The Labute approximate surface area is 111 Å². The summed E-state index contributed by atoms with van der Waals surface area (Å²) in [7, 11) is 0. The molecule has 0 spiro atoms. The fourth-order valence-electron chi connectivity index (χ4n) is 1.54. The summed E-state index contributed by atoms with van der Waals surface area (Å²) < 4.78 is 0. The van der Waals surface area contributed by atoms with Crippen molar-refractivity contribution in [3.05, 3.63) is 11.1 Å². The van der Waals surface area contributed by atoms with Crippen LogP contribution in [0.25, 0.3) is 0 Å². The monoisotopic (exact) mass is 240 g/mol. The zero-order valence-electron chi connectivity index (χ0n) is 13.9. The zero-order valence-corrected chi connectivity index (χ0v) is 13.9. The van der Waals surface area contributed by atoms with E-state index in [9.17, 15) is 0 Å². The fraction of sp³-hybridized carbons (Fsp3) is 0.882. The van der Waals surface area contributed by atoms with Gasteiger partial charge in [-0.25, -0.2) is 0 Å². The minimum atomic E-state index is 0.659. The smallest absolute Gasteiger partial charge is 0.0354 e. The van der Waals surface area contributed by atoms with Crippen LogP contribution in [0.1, 0.15) is 88.0 Å². The fourth-order valence-corrected chi connectivity index (χ4v) is 1.54. The van der Waals surface area contributed by atoms with Crippen molar-refractivity contribution in [3.8, 4) is 0 Å². The van der Waals surface area contributed by atoms with Crippen molar-refractivity contribution in [2.24, 2.45) is 11.3 Å². The topological polar surface area (TPSA) is 0 Å². The van der Waals surface area contributed by atoms with Crippen LogP contribution in [0.4, 0.5) is 0 Å². The normalized spacial score (nSPS) is 18.2. The van der Waals surface area contributed by atoms with Gasteiger partial charge in [-0.05, 0) is 51.9 Å². The molecule has 0 nitrogen and oxygen atoms in total. The third-order valence-corrected chi connectivity index (χ3v) is 3.63. The Morgan fingerprint density at radius 2 is 1.12 bits per heavy atom. The van der Waals surface area contributed by atoms with E-state index in [0.29, 0.717) is 5.41 Å². The first-order valence-electron chi connectivity index (χ1n) is 7.35. The second kappa shape index (κ2) is 9.74. The highest BCUT2D eigenvalue weighted by atomic mass is 14.3. The summed E-state index contributed by atoms with van der Waals surface area (Å²) in [6.45, 7) is 19.6. The predicted octanol–water partition coefficient (Wildman–Crippen LogP) is 6.61. The molecule has 1 aliphatic carbocycles. The average Bonchev–Trinajstić information content (AvgIpc) is 2.26. The first-order valence-corrected chi connectivity index (χ1v) is 7.35. The zero-order chi connectivity index (χ0) is 14.1. The first kappa shape index (κ1) is 19.1. The Morgan fingerprint density at radius 1 is 0.824 bits per heavy atom. The van der Waals surface area contributed by atoms with Crippen LogP contribution in [0.15, 0.2) is 11.1 Å². The van der Waals surface area contributed by atoms with Crippen molar-refractivity contribution >= 4 is 0 Å². The predicted molar refractivity (Wildman–Crippen MR) is 82.5 cm³/mol. The molecule has 0 atom stereocenters. The van der Waals surface area contributed by atoms with E-state index < -0.39 is 0 Å². The summed E-state index contributed by atoms with van der Waals surface area (Å²) >= 11 is 0. The van der Waals surface area contributed by atoms with Crippen molar-refractivity contribution in [3.63, 3.8) is 0 Å². The maximum absolute atomic E-state index is 2.39. The van der Waals surface area contributed by atoms with Gasteiger partial charge in [0.2, 0.25) is 0 Å². The molecule has 1 aliphatic rings. The highest BCUT2D eigenvalue weighted by molar-refractivity contribution is 5.02. The minimum absolute atomic E-state index is 0.659. The van der Waals surface area contributed by atoms with Crippen molar-refractivity contribution in [1.82, 2.24) is 0 Å². The molecule has 1 rings (SSSR count). The lowest BCUT2D eigenvalue weighted by atomic mass is 9.74. The van der Waals surface area contributed by atoms with Crippen LogP contribution in [0, 0.1) is 11.3 Å². The molecule has 0 saturated heterocycles. The van der Waals surface area contributed by atoms with Gasteiger partial charge in [0.25, 0.3) is 0 Å². The van der Waals surface area contributed by atoms with Gasteiger partial charge in [0.15, 0.2) is 0 Å². The molecule has 0 heterocycles. The van der Waals surface area contributed by atoms with Gasteiger partial charge in [-0.1, -0.05) is 58.6 Å². The summed E-state index contributed by atoms with van der Waals surface area (Å²) in [6.07, 6.45) is 5.78. The summed E-state index contributed by atoms with van der Waals surface area (Å²) in [4.78, 5) is 0. The van der Waals surface area contributed by atoms with E-state index >= 15 is 0 Å². The van der Waals surface area contributed by atoms with Crippen LogP contribution in [-0.2, 0) is 0 Å². The molecule has 0 amide bonds. The molecule has 104 valence electrons. The van der Waals surface area contributed by atoms with E-state index in [1.54, 1.807) is 0 Å². The van der Waals surface area contributed by atoms with Crippen LogP contribution in [0.5, 0.6) is 0 Å². The SMILES string of the molecule is CC.CC(C)=C(C)C.CC1CCC(C)(C)CC1. The Kier molecular flexibility index (Phi) is 10.9. The highest BCUT2D eigenvalue weighted by Gasteiger charge is 2.23. The van der Waals surface area contributed by atoms with Gasteiger partial charge in [-0.15, -0.1) is 0 Å². The second-order valence-electron chi connectivity index (χ2n) is 6.35. The molecule has 0 N–H and O–H groups in total. The molecule has 1 saturated carbocycles. The Balaban J connectivity index is 0. The molecule has 0 aromatic heterocycles. The van der Waals surface area contributed by atoms with Crippen molar-refractivity contribution in [1.29, 1.82) is 0 Å². The number of allylic oxidation sites excluding steroid dienone is 2. The van der Waals surface area contributed by atoms with E-state index in [4.69, 9.17) is 0 Å². The molecule has 0 aliphatic heterocycles. The number of hydrogen-bond acceptors (Lipinski definition) is 0. The highest BCUT2D eigenvalue weighted by Crippen LogP contribution is 2.37. The summed E-state index contributed by atoms with van der Waals surface area (Å²) in [5, 5.41) is 0. The largest absolute Gasteiger partial charge is 0.0778 e. The molecule has 0 aromatic rings. The van der Waals surface area contributed by atoms with Crippen LogP contribution in [0.3, 0.4) is 0 Å². The van der Waals surface area contributed by atoms with Crippen LogP contribution in [0.2, 0.25) is 0 Å². The first-order chi connectivity index (χ1) is 7.74. The summed E-state index contributed by atoms with van der Waals surface area (Å²) in [5.74, 6) is 0.998. The quantitative estimate of drug-likeness (QED) is 0.418. The standard InChI is InChI=1S/C9H18.C6H12.C2H6/c1-8-4-6-9(2,3)7-5-8;1-5(2)6(3)4;1-2/h8H,4-7H2,1-3H3;1-4H3;1-2H3. The molecule has 0 bridgehead atoms. The van der Waals surface area contributed by atoms with Crippen molar-refractivity contribution in [2.45, 2.75) is 88.0 Å². The Morgan fingerprint density at radius 3 is 1.29 bits per heavy atom. The lowest BCUT2D eigenvalue weighted by Gasteiger charge is -2.32. The number of hydrogen-bond donors (Lipinski definition) is 0. The molecule has 0 aromatic carbocycles. The van der Waals surface area contributed by atoms with E-state index in [0.717, 1.165) is 5.92 Å². The molecule has 1 fully saturated rings. The van der Waals surface area contributed by atoms with Crippen LogP contribution in [-0.4, -0.2) is 0 Å². The molecule has 0 radical (unpaired) electrons. The molecule has 0 unspecified atom stereocenters. The van der Waals surface area contributed by atoms with Gasteiger partial charge in [-0.3, -0.25) is 0 Å². The van der Waals surface area contributed by atoms with Crippen molar-refractivity contribution < 1.29 is 0 Å². The van der Waals surface area contributed by atoms with E-state index in [-0.39, 0.29) is 0 Å². The van der Waals surface area contributed by atoms with Gasteiger partial charge in [0, 0.05) is 0 Å². The third kappa shape index (κ3) is 12.0. The van der Waals surface area contributed by atoms with E-state index in [1.165, 1.54) is 36.8 Å². The summed E-state index contributed by atoms with van der Waals surface area (Å²) in [5.41, 5.74) is 3.51. The van der Waals surface area contributed by atoms with Gasteiger partial charge in [0.05, 0.1) is 0 Å². The van der Waals surface area contributed by atoms with Gasteiger partial charge < -0.3 is 0 Å². The van der Waals surface area contributed by atoms with E-state index in [1.807, 2.05) is 13.8 Å². The maximum atomic E-state index is 2.39. The Bertz CT molecular complexity index is 180. The van der Waals surface area contributed by atoms with Crippen molar-refractivity contribution in [2.75, 3.05) is 0 Å². The molecule has 17 heavy (non-hydrogen) atoms. The molecule has 0 heteroatoms. The lowest BCUT2D eigenvalue weighted by Crippen LogP contribution is -2.19. The maximum Gasteiger partial charge on any atom is -0.0354 e. The molecular weight excluding hydrogens is 204 g/mol. The second-order valence-corrected chi connectivity index (χ2v) is 6.35.